The maximum Gasteiger partial charge on any atom is 0.231 e. The molecule has 1 aromatic rings. The average Bonchev–Trinajstić information content (AvgIpc) is 2.54. The molecule has 0 amide bonds. The Kier molecular flexibility index (Phi) is 6.10. The molecule has 5 nitrogen and oxygen atoms in total. The van der Waals surface area contributed by atoms with Gasteiger partial charge < -0.3 is 15.5 Å². The molecule has 1 saturated heterocycles. The summed E-state index contributed by atoms with van der Waals surface area (Å²) in [7, 11) is 0. The Bertz CT molecular complexity index is 589. The zero-order valence-electron chi connectivity index (χ0n) is 15.7. The normalized spacial score (nSPS) is 24.8. The molecule has 6 heteroatoms. The quantitative estimate of drug-likeness (QED) is 0.797. The van der Waals surface area contributed by atoms with Gasteiger partial charge in [0.15, 0.2) is 5.11 Å². The molecule has 2 atom stereocenters. The van der Waals surface area contributed by atoms with E-state index in [4.69, 9.17) is 17.2 Å². The van der Waals surface area contributed by atoms with Gasteiger partial charge in [-0.2, -0.15) is 4.98 Å². The summed E-state index contributed by atoms with van der Waals surface area (Å²) in [5.74, 6) is 3.01. The first kappa shape index (κ1) is 18.4. The first-order chi connectivity index (χ1) is 12.0. The summed E-state index contributed by atoms with van der Waals surface area (Å²) in [4.78, 5) is 11.6. The van der Waals surface area contributed by atoms with E-state index in [1.54, 1.807) is 0 Å². The fraction of sp³-hybridized carbons (Fsp3) is 0.737. The van der Waals surface area contributed by atoms with Gasteiger partial charge in [0.05, 0.1) is 0 Å². The van der Waals surface area contributed by atoms with E-state index in [1.807, 2.05) is 6.92 Å². The molecule has 2 N–H and O–H groups in total. The number of nitrogens with one attached hydrogen (secondary N) is 2. The van der Waals surface area contributed by atoms with Gasteiger partial charge in [-0.05, 0) is 50.2 Å². The molecular weight excluding hydrogens is 330 g/mol. The van der Waals surface area contributed by atoms with E-state index in [9.17, 15) is 0 Å². The third-order valence-electron chi connectivity index (χ3n) is 5.20. The van der Waals surface area contributed by atoms with Crippen LogP contribution in [0.3, 0.4) is 0 Å². The standard InChI is InChI=1S/C19H31N5S/c1-13-9-14(2)12-24(11-13)17-10-15(3)20-18(22-17)23-19(25)21-16-7-5-4-6-8-16/h10,13-14,16H,4-9,11-12H2,1-3H3,(H2,20,21,22,23,25). The van der Waals surface area contributed by atoms with Crippen molar-refractivity contribution in [1.29, 1.82) is 0 Å². The zero-order valence-corrected chi connectivity index (χ0v) is 16.5. The molecular formula is C19H31N5S. The topological polar surface area (TPSA) is 53.1 Å². The van der Waals surface area contributed by atoms with Crippen molar-refractivity contribution in [3.63, 3.8) is 0 Å². The Morgan fingerprint density at radius 2 is 1.80 bits per heavy atom. The molecule has 2 aliphatic rings. The fourth-order valence-corrected chi connectivity index (χ4v) is 4.45. The minimum atomic E-state index is 0.488. The van der Waals surface area contributed by atoms with Crippen molar-refractivity contribution >= 4 is 29.1 Å². The predicted octanol–water partition coefficient (Wildman–Crippen LogP) is 3.89. The van der Waals surface area contributed by atoms with Crippen LogP contribution in [0.4, 0.5) is 11.8 Å². The van der Waals surface area contributed by atoms with Crippen LogP contribution in [0.2, 0.25) is 0 Å². The average molecular weight is 362 g/mol. The number of nitrogens with zero attached hydrogens (tertiary/aromatic N) is 3. The van der Waals surface area contributed by atoms with Gasteiger partial charge in [0.2, 0.25) is 5.95 Å². The van der Waals surface area contributed by atoms with Gasteiger partial charge in [0.25, 0.3) is 0 Å². The lowest BCUT2D eigenvalue weighted by atomic mass is 9.92. The van der Waals surface area contributed by atoms with E-state index in [0.717, 1.165) is 24.6 Å². The first-order valence-corrected chi connectivity index (χ1v) is 10.1. The van der Waals surface area contributed by atoms with Crippen LogP contribution in [0.15, 0.2) is 6.07 Å². The summed E-state index contributed by atoms with van der Waals surface area (Å²) in [5.41, 5.74) is 0.971. The lowest BCUT2D eigenvalue weighted by Gasteiger charge is -2.36. The van der Waals surface area contributed by atoms with E-state index in [-0.39, 0.29) is 0 Å². The highest BCUT2D eigenvalue weighted by molar-refractivity contribution is 7.80. The van der Waals surface area contributed by atoms with Crippen molar-refractivity contribution in [2.24, 2.45) is 11.8 Å². The highest BCUT2D eigenvalue weighted by Crippen LogP contribution is 2.26. The zero-order chi connectivity index (χ0) is 17.8. The number of hydrogen-bond acceptors (Lipinski definition) is 4. The minimum Gasteiger partial charge on any atom is -0.360 e. The van der Waals surface area contributed by atoms with Crippen LogP contribution in [0, 0.1) is 18.8 Å². The van der Waals surface area contributed by atoms with Crippen molar-refractivity contribution < 1.29 is 0 Å². The Balaban J connectivity index is 1.65. The van der Waals surface area contributed by atoms with Crippen LogP contribution >= 0.6 is 12.2 Å². The summed E-state index contributed by atoms with van der Waals surface area (Å²) < 4.78 is 0. The smallest absolute Gasteiger partial charge is 0.231 e. The van der Waals surface area contributed by atoms with Gasteiger partial charge in [-0.15, -0.1) is 0 Å². The molecule has 1 saturated carbocycles. The van der Waals surface area contributed by atoms with Gasteiger partial charge in [-0.3, -0.25) is 0 Å². The molecule has 1 aromatic heterocycles. The lowest BCUT2D eigenvalue weighted by Crippen LogP contribution is -2.40. The molecule has 25 heavy (non-hydrogen) atoms. The predicted molar refractivity (Wildman–Crippen MR) is 108 cm³/mol. The Morgan fingerprint density at radius 3 is 2.48 bits per heavy atom. The van der Waals surface area contributed by atoms with Gasteiger partial charge >= 0.3 is 0 Å². The van der Waals surface area contributed by atoms with Crippen molar-refractivity contribution in [3.8, 4) is 0 Å². The van der Waals surface area contributed by atoms with Gasteiger partial charge in [-0.25, -0.2) is 4.98 Å². The molecule has 1 aliphatic carbocycles. The summed E-state index contributed by atoms with van der Waals surface area (Å²) >= 11 is 5.48. The third-order valence-corrected chi connectivity index (χ3v) is 5.42. The van der Waals surface area contributed by atoms with Crippen LogP contribution in [-0.4, -0.2) is 34.2 Å². The fourth-order valence-electron chi connectivity index (χ4n) is 4.19. The first-order valence-electron chi connectivity index (χ1n) is 9.67. The second kappa shape index (κ2) is 8.30. The van der Waals surface area contributed by atoms with Crippen LogP contribution in [0.5, 0.6) is 0 Å². The number of anilines is 2. The van der Waals surface area contributed by atoms with Crippen LogP contribution < -0.4 is 15.5 Å². The van der Waals surface area contributed by atoms with Gasteiger partial charge in [-0.1, -0.05) is 33.1 Å². The van der Waals surface area contributed by atoms with Crippen LogP contribution in [-0.2, 0) is 0 Å². The minimum absolute atomic E-state index is 0.488. The van der Waals surface area contributed by atoms with E-state index < -0.39 is 0 Å². The molecule has 0 radical (unpaired) electrons. The summed E-state index contributed by atoms with van der Waals surface area (Å²) in [6.45, 7) is 8.78. The maximum atomic E-state index is 5.48. The van der Waals surface area contributed by atoms with Crippen molar-refractivity contribution in [2.45, 2.75) is 65.3 Å². The Labute approximate surface area is 157 Å². The van der Waals surface area contributed by atoms with E-state index >= 15 is 0 Å². The van der Waals surface area contributed by atoms with Crippen molar-refractivity contribution in [2.75, 3.05) is 23.3 Å². The molecule has 138 valence electrons. The van der Waals surface area contributed by atoms with E-state index in [2.05, 4.69) is 40.4 Å². The molecule has 1 aliphatic heterocycles. The summed E-state index contributed by atoms with van der Waals surface area (Å²) in [6.07, 6.45) is 7.61. The molecule has 0 spiro atoms. The summed E-state index contributed by atoms with van der Waals surface area (Å²) in [6, 6.07) is 2.56. The number of hydrogen-bond donors (Lipinski definition) is 2. The van der Waals surface area contributed by atoms with E-state index in [0.29, 0.717) is 28.9 Å². The number of aromatic nitrogens is 2. The lowest BCUT2D eigenvalue weighted by molar-refractivity contribution is 0.355. The highest BCUT2D eigenvalue weighted by atomic mass is 32.1. The number of piperidine rings is 1. The van der Waals surface area contributed by atoms with Crippen LogP contribution in [0.1, 0.15) is 58.1 Å². The molecule has 3 rings (SSSR count). The maximum absolute atomic E-state index is 5.48. The van der Waals surface area contributed by atoms with Gasteiger partial charge in [0, 0.05) is 30.9 Å². The third kappa shape index (κ3) is 5.27. The second-order valence-corrected chi connectivity index (χ2v) is 8.38. The highest BCUT2D eigenvalue weighted by Gasteiger charge is 2.23. The number of thiocarbonyl (C=S) groups is 1. The Morgan fingerprint density at radius 1 is 1.12 bits per heavy atom. The van der Waals surface area contributed by atoms with Crippen molar-refractivity contribution in [1.82, 2.24) is 15.3 Å². The molecule has 0 aromatic carbocycles. The van der Waals surface area contributed by atoms with E-state index in [1.165, 1.54) is 38.5 Å². The molecule has 2 fully saturated rings. The van der Waals surface area contributed by atoms with Crippen LogP contribution in [0.25, 0.3) is 0 Å². The SMILES string of the molecule is Cc1cc(N2CC(C)CC(C)C2)nc(NC(=S)NC2CCCCC2)n1. The summed E-state index contributed by atoms with van der Waals surface area (Å²) in [5, 5.41) is 7.27. The van der Waals surface area contributed by atoms with Gasteiger partial charge in [0.1, 0.15) is 5.82 Å². The molecule has 2 heterocycles. The molecule has 0 bridgehead atoms. The number of rotatable bonds is 3. The van der Waals surface area contributed by atoms with Crippen molar-refractivity contribution in [3.05, 3.63) is 11.8 Å². The number of aryl methyl sites for hydroxylation is 1. The molecule has 2 unspecified atom stereocenters. The largest absolute Gasteiger partial charge is 0.360 e. The second-order valence-electron chi connectivity index (χ2n) is 7.98. The monoisotopic (exact) mass is 361 g/mol. The Hall–Kier alpha value is -1.43.